The van der Waals surface area contributed by atoms with Crippen molar-refractivity contribution in [3.63, 3.8) is 0 Å². The molecule has 0 saturated heterocycles. The molecule has 1 aliphatic rings. The quantitative estimate of drug-likeness (QED) is 0.313. The molecule has 2 aromatic carbocycles. The van der Waals surface area contributed by atoms with Gasteiger partial charge in [0.2, 0.25) is 0 Å². The first-order valence-electron chi connectivity index (χ1n) is 13.4. The molecule has 1 heterocycles. The number of carbonyl (C=O) groups excluding carboxylic acids is 3. The van der Waals surface area contributed by atoms with Crippen molar-refractivity contribution >= 4 is 29.4 Å². The molecule has 8 heteroatoms. The van der Waals surface area contributed by atoms with Gasteiger partial charge in [-0.2, -0.15) is 0 Å². The van der Waals surface area contributed by atoms with E-state index in [1.165, 1.54) is 0 Å². The van der Waals surface area contributed by atoms with E-state index in [0.717, 1.165) is 28.8 Å². The summed E-state index contributed by atoms with van der Waals surface area (Å²) in [7, 11) is 0. The van der Waals surface area contributed by atoms with Crippen LogP contribution in [0.15, 0.2) is 53.7 Å². The van der Waals surface area contributed by atoms with E-state index in [0.29, 0.717) is 23.5 Å². The third-order valence-corrected chi connectivity index (χ3v) is 6.65. The van der Waals surface area contributed by atoms with Gasteiger partial charge in [0.15, 0.2) is 0 Å². The molecule has 2 aromatic rings. The highest BCUT2D eigenvalue weighted by atomic mass is 16.5. The molecule has 3 N–H and O–H groups in total. The Morgan fingerprint density at radius 3 is 2.11 bits per heavy atom. The number of rotatable bonds is 9. The number of amides is 4. The number of benzene rings is 2. The minimum absolute atomic E-state index is 0.237. The SMILES string of the molecule is CCCN1C(=O)NC(c2ccc(NC(=O)Nc3c(C(C)C)cccc3C(C)C)cc2)C(C(=O)OCC)=C1C. The van der Waals surface area contributed by atoms with Crippen molar-refractivity contribution < 1.29 is 19.1 Å². The number of anilines is 2. The molecule has 1 aliphatic heterocycles. The number of hydrogen-bond donors (Lipinski definition) is 3. The number of para-hydroxylation sites is 1. The van der Waals surface area contributed by atoms with Gasteiger partial charge in [0.05, 0.1) is 18.2 Å². The number of nitrogens with zero attached hydrogens (tertiary/aromatic N) is 1. The molecule has 0 aliphatic carbocycles. The third kappa shape index (κ3) is 6.36. The van der Waals surface area contributed by atoms with E-state index in [4.69, 9.17) is 4.74 Å². The van der Waals surface area contributed by atoms with E-state index in [1.54, 1.807) is 43.0 Å². The average Bonchev–Trinajstić information content (AvgIpc) is 2.86. The summed E-state index contributed by atoms with van der Waals surface area (Å²) < 4.78 is 5.31. The fourth-order valence-corrected chi connectivity index (χ4v) is 4.73. The molecule has 4 amide bonds. The smallest absolute Gasteiger partial charge is 0.338 e. The van der Waals surface area contributed by atoms with Gasteiger partial charge in [0.1, 0.15) is 0 Å². The zero-order chi connectivity index (χ0) is 28.0. The number of esters is 1. The van der Waals surface area contributed by atoms with Gasteiger partial charge in [0, 0.05) is 23.6 Å². The fourth-order valence-electron chi connectivity index (χ4n) is 4.73. The first-order valence-corrected chi connectivity index (χ1v) is 13.4. The van der Waals surface area contributed by atoms with Gasteiger partial charge < -0.3 is 20.7 Å². The number of allylic oxidation sites excluding steroid dienone is 1. The average molecular weight is 521 g/mol. The lowest BCUT2D eigenvalue weighted by Crippen LogP contribution is -2.48. The van der Waals surface area contributed by atoms with Gasteiger partial charge in [0.25, 0.3) is 0 Å². The zero-order valence-corrected chi connectivity index (χ0v) is 23.5. The van der Waals surface area contributed by atoms with Crippen molar-refractivity contribution in [2.45, 2.75) is 72.8 Å². The summed E-state index contributed by atoms with van der Waals surface area (Å²) in [5.74, 6) is 0.0575. The minimum atomic E-state index is -0.649. The third-order valence-electron chi connectivity index (χ3n) is 6.65. The topological polar surface area (TPSA) is 99.8 Å². The number of nitrogens with one attached hydrogen (secondary N) is 3. The largest absolute Gasteiger partial charge is 0.463 e. The molecular formula is C30H40N4O4. The number of hydrogen-bond acceptors (Lipinski definition) is 4. The molecule has 0 spiro atoms. The normalized spacial score (nSPS) is 15.6. The van der Waals surface area contributed by atoms with E-state index in [-0.39, 0.29) is 30.5 Å². The highest BCUT2D eigenvalue weighted by Crippen LogP contribution is 2.34. The van der Waals surface area contributed by atoms with Crippen LogP contribution in [0.1, 0.15) is 89.5 Å². The summed E-state index contributed by atoms with van der Waals surface area (Å²) in [6.07, 6.45) is 0.758. The fraction of sp³-hybridized carbons (Fsp3) is 0.433. The first kappa shape index (κ1) is 28.8. The lowest BCUT2D eigenvalue weighted by Gasteiger charge is -2.35. The van der Waals surface area contributed by atoms with Crippen LogP contribution >= 0.6 is 0 Å². The Labute approximate surface area is 225 Å². The Balaban J connectivity index is 1.83. The standard InChI is InChI=1S/C30H40N4O4/c1-8-17-34-20(7)25(28(35)38-9-2)26(33-30(34)37)21-13-15-22(16-14-21)31-29(36)32-27-23(18(3)4)11-10-12-24(27)19(5)6/h10-16,18-19,26H,8-9,17H2,1-7H3,(H,33,37)(H2,31,32,36). The predicted molar refractivity (Wildman–Crippen MR) is 151 cm³/mol. The molecule has 0 radical (unpaired) electrons. The Hall–Kier alpha value is -3.81. The van der Waals surface area contributed by atoms with Gasteiger partial charge >= 0.3 is 18.0 Å². The highest BCUT2D eigenvalue weighted by Gasteiger charge is 2.36. The van der Waals surface area contributed by atoms with Crippen LogP contribution in [0.4, 0.5) is 21.0 Å². The predicted octanol–water partition coefficient (Wildman–Crippen LogP) is 6.89. The maximum Gasteiger partial charge on any atom is 0.338 e. The lowest BCUT2D eigenvalue weighted by molar-refractivity contribution is -0.139. The first-order chi connectivity index (χ1) is 18.1. The highest BCUT2D eigenvalue weighted by molar-refractivity contribution is 6.01. The summed E-state index contributed by atoms with van der Waals surface area (Å²) in [4.78, 5) is 40.2. The van der Waals surface area contributed by atoms with Crippen molar-refractivity contribution in [1.82, 2.24) is 10.2 Å². The Morgan fingerprint density at radius 2 is 1.58 bits per heavy atom. The van der Waals surface area contributed by atoms with Crippen LogP contribution in [0, 0.1) is 0 Å². The van der Waals surface area contributed by atoms with E-state index in [1.807, 2.05) is 25.1 Å². The van der Waals surface area contributed by atoms with E-state index in [2.05, 4.69) is 43.6 Å². The van der Waals surface area contributed by atoms with Crippen molar-refractivity contribution in [1.29, 1.82) is 0 Å². The van der Waals surface area contributed by atoms with Crippen LogP contribution < -0.4 is 16.0 Å². The molecule has 0 saturated carbocycles. The molecule has 204 valence electrons. The number of urea groups is 2. The molecule has 1 atom stereocenters. The Kier molecular flexibility index (Phi) is 9.55. The maximum atomic E-state index is 13.0. The molecule has 0 bridgehead atoms. The minimum Gasteiger partial charge on any atom is -0.463 e. The molecule has 38 heavy (non-hydrogen) atoms. The van der Waals surface area contributed by atoms with Gasteiger partial charge in [-0.3, -0.25) is 4.90 Å². The van der Waals surface area contributed by atoms with Crippen LogP contribution in [-0.2, 0) is 9.53 Å². The van der Waals surface area contributed by atoms with Gasteiger partial charge in [-0.15, -0.1) is 0 Å². The summed E-state index contributed by atoms with van der Waals surface area (Å²) >= 11 is 0. The zero-order valence-electron chi connectivity index (χ0n) is 23.5. The summed E-state index contributed by atoms with van der Waals surface area (Å²) in [6.45, 7) is 14.7. The molecule has 0 aromatic heterocycles. The second-order valence-electron chi connectivity index (χ2n) is 10.1. The molecular weight excluding hydrogens is 480 g/mol. The second-order valence-corrected chi connectivity index (χ2v) is 10.1. The van der Waals surface area contributed by atoms with Crippen molar-refractivity contribution in [2.75, 3.05) is 23.8 Å². The Bertz CT molecular complexity index is 1170. The van der Waals surface area contributed by atoms with Gasteiger partial charge in [-0.1, -0.05) is 65.0 Å². The molecule has 1 unspecified atom stereocenters. The van der Waals surface area contributed by atoms with Crippen LogP contribution in [0.2, 0.25) is 0 Å². The molecule has 0 fully saturated rings. The van der Waals surface area contributed by atoms with Gasteiger partial charge in [-0.05, 0) is 60.9 Å². The number of ether oxygens (including phenoxy) is 1. The monoisotopic (exact) mass is 520 g/mol. The van der Waals surface area contributed by atoms with E-state index < -0.39 is 12.0 Å². The second kappa shape index (κ2) is 12.6. The summed E-state index contributed by atoms with van der Waals surface area (Å²) in [5, 5.41) is 8.89. The van der Waals surface area contributed by atoms with E-state index in [9.17, 15) is 14.4 Å². The van der Waals surface area contributed by atoms with E-state index >= 15 is 0 Å². The summed E-state index contributed by atoms with van der Waals surface area (Å²) in [5.41, 5.74) is 5.31. The Morgan fingerprint density at radius 1 is 0.974 bits per heavy atom. The van der Waals surface area contributed by atoms with Crippen LogP contribution in [-0.4, -0.2) is 36.1 Å². The van der Waals surface area contributed by atoms with Crippen LogP contribution in [0.5, 0.6) is 0 Å². The maximum absolute atomic E-state index is 13.0. The van der Waals surface area contributed by atoms with Gasteiger partial charge in [-0.25, -0.2) is 14.4 Å². The number of carbonyl (C=O) groups is 3. The summed E-state index contributed by atoms with van der Waals surface area (Å²) in [6, 6.07) is 12.0. The van der Waals surface area contributed by atoms with Crippen molar-refractivity contribution in [3.05, 3.63) is 70.4 Å². The van der Waals surface area contributed by atoms with Crippen molar-refractivity contribution in [2.24, 2.45) is 0 Å². The van der Waals surface area contributed by atoms with Crippen molar-refractivity contribution in [3.8, 4) is 0 Å². The molecule has 8 nitrogen and oxygen atoms in total. The molecule has 3 rings (SSSR count). The van der Waals surface area contributed by atoms with Crippen LogP contribution in [0.3, 0.4) is 0 Å². The van der Waals surface area contributed by atoms with Crippen LogP contribution in [0.25, 0.3) is 0 Å². The lowest BCUT2D eigenvalue weighted by atomic mass is 9.93.